The summed E-state index contributed by atoms with van der Waals surface area (Å²) in [5.41, 5.74) is 5.33. The largest absolute Gasteiger partial charge is 0.378 e. The number of hydrogen-bond donors (Lipinski definition) is 0. The van der Waals surface area contributed by atoms with Crippen molar-refractivity contribution in [2.45, 2.75) is 38.3 Å². The first-order valence-corrected chi connectivity index (χ1v) is 10.3. The minimum atomic E-state index is 0.218. The molecule has 0 spiro atoms. The number of nitrogens with zero attached hydrogens (tertiary/aromatic N) is 5. The predicted molar refractivity (Wildman–Crippen MR) is 108 cm³/mol. The van der Waals surface area contributed by atoms with E-state index in [0.717, 1.165) is 53.6 Å². The fourth-order valence-corrected chi connectivity index (χ4v) is 4.70. The molecule has 1 fully saturated rings. The Bertz CT molecular complexity index is 1190. The van der Waals surface area contributed by atoms with E-state index in [1.54, 1.807) is 11.3 Å². The van der Waals surface area contributed by atoms with E-state index in [9.17, 15) is 5.26 Å². The Kier molecular flexibility index (Phi) is 4.30. The van der Waals surface area contributed by atoms with Gasteiger partial charge in [0.25, 0.3) is 0 Å². The second-order valence-electron chi connectivity index (χ2n) is 7.24. The Morgan fingerprint density at radius 2 is 2.25 bits per heavy atom. The molecule has 1 aliphatic rings. The molecule has 1 aromatic carbocycles. The first kappa shape index (κ1) is 17.3. The summed E-state index contributed by atoms with van der Waals surface area (Å²) in [5.74, 6) is 1.02. The lowest BCUT2D eigenvalue weighted by Crippen LogP contribution is -2.26. The number of ether oxygens (including phenoxy) is 1. The highest BCUT2D eigenvalue weighted by atomic mass is 32.1. The van der Waals surface area contributed by atoms with Crippen molar-refractivity contribution in [3.8, 4) is 6.07 Å². The number of benzene rings is 1. The van der Waals surface area contributed by atoms with Gasteiger partial charge in [-0.05, 0) is 38.0 Å². The average Bonchev–Trinajstić information content (AvgIpc) is 3.35. The highest BCUT2D eigenvalue weighted by Gasteiger charge is 2.26. The van der Waals surface area contributed by atoms with Gasteiger partial charge in [-0.25, -0.2) is 4.98 Å². The molecular formula is C21H19N5OS. The van der Waals surface area contributed by atoms with Crippen LogP contribution >= 0.6 is 11.3 Å². The summed E-state index contributed by atoms with van der Waals surface area (Å²) in [6, 6.07) is 8.23. The van der Waals surface area contributed by atoms with Gasteiger partial charge in [0.2, 0.25) is 0 Å². The summed E-state index contributed by atoms with van der Waals surface area (Å²) in [6.07, 6.45) is 6.61. The molecule has 1 unspecified atom stereocenters. The van der Waals surface area contributed by atoms with Crippen LogP contribution in [0.25, 0.3) is 21.9 Å². The van der Waals surface area contributed by atoms with Crippen LogP contribution < -0.4 is 0 Å². The van der Waals surface area contributed by atoms with Crippen molar-refractivity contribution >= 4 is 33.3 Å². The Morgan fingerprint density at radius 1 is 1.32 bits per heavy atom. The molecule has 4 heterocycles. The Balaban J connectivity index is 1.77. The second kappa shape index (κ2) is 6.97. The van der Waals surface area contributed by atoms with Crippen LogP contribution in [0.15, 0.2) is 36.1 Å². The van der Waals surface area contributed by atoms with Crippen LogP contribution in [0.3, 0.4) is 0 Å². The van der Waals surface area contributed by atoms with Crippen LogP contribution in [0.5, 0.6) is 0 Å². The van der Waals surface area contributed by atoms with E-state index in [2.05, 4.69) is 27.5 Å². The molecule has 0 bridgehead atoms. The van der Waals surface area contributed by atoms with Crippen molar-refractivity contribution < 1.29 is 4.74 Å². The van der Waals surface area contributed by atoms with E-state index < -0.39 is 0 Å². The molecule has 0 amide bonds. The number of rotatable bonds is 3. The maximum Gasteiger partial charge on any atom is 0.115 e. The van der Waals surface area contributed by atoms with Crippen molar-refractivity contribution in [2.75, 3.05) is 6.61 Å². The lowest BCUT2D eigenvalue weighted by molar-refractivity contribution is 0.00631. The summed E-state index contributed by atoms with van der Waals surface area (Å²) in [7, 11) is 0. The second-order valence-corrected chi connectivity index (χ2v) is 8.21. The number of fused-ring (bicyclic) bond motifs is 3. The molecule has 0 N–H and O–H groups in total. The monoisotopic (exact) mass is 389 g/mol. The zero-order valence-corrected chi connectivity index (χ0v) is 16.3. The van der Waals surface area contributed by atoms with Crippen molar-refractivity contribution in [1.29, 1.82) is 5.26 Å². The van der Waals surface area contributed by atoms with E-state index in [1.165, 1.54) is 4.88 Å². The highest BCUT2D eigenvalue weighted by molar-refractivity contribution is 7.09. The lowest BCUT2D eigenvalue weighted by Gasteiger charge is -2.30. The molecule has 140 valence electrons. The highest BCUT2D eigenvalue weighted by Crippen LogP contribution is 2.34. The number of nitriles is 1. The van der Waals surface area contributed by atoms with Gasteiger partial charge in [0.05, 0.1) is 40.5 Å². The quantitative estimate of drug-likeness (QED) is 0.524. The van der Waals surface area contributed by atoms with E-state index in [-0.39, 0.29) is 6.10 Å². The van der Waals surface area contributed by atoms with Crippen LogP contribution in [0.2, 0.25) is 0 Å². The van der Waals surface area contributed by atoms with Crippen molar-refractivity contribution in [2.24, 2.45) is 0 Å². The predicted octanol–water partition coefficient (Wildman–Crippen LogP) is 4.24. The van der Waals surface area contributed by atoms with Crippen LogP contribution in [0, 0.1) is 11.3 Å². The van der Waals surface area contributed by atoms with Gasteiger partial charge in [-0.3, -0.25) is 9.97 Å². The zero-order chi connectivity index (χ0) is 19.1. The van der Waals surface area contributed by atoms with Gasteiger partial charge in [-0.2, -0.15) is 5.26 Å². The van der Waals surface area contributed by atoms with Gasteiger partial charge in [-0.15, -0.1) is 11.3 Å². The molecule has 28 heavy (non-hydrogen) atoms. The number of pyridine rings is 1. The van der Waals surface area contributed by atoms with E-state index >= 15 is 0 Å². The van der Waals surface area contributed by atoms with Gasteiger partial charge in [0.15, 0.2) is 0 Å². The Hall–Kier alpha value is -2.82. The molecule has 6 nitrogen and oxygen atoms in total. The third-order valence-electron chi connectivity index (χ3n) is 5.36. The molecule has 1 saturated heterocycles. The number of aromatic nitrogens is 4. The topological polar surface area (TPSA) is 76.6 Å². The van der Waals surface area contributed by atoms with Gasteiger partial charge in [0.1, 0.15) is 11.3 Å². The SMILES string of the molecule is C[C@@H]1CC(n2c(Cc3cncs3)nc3cnc4ccc(C#N)cc4c32)CCO1. The molecular weight excluding hydrogens is 370 g/mol. The number of imidazole rings is 1. The van der Waals surface area contributed by atoms with E-state index in [0.29, 0.717) is 11.6 Å². The minimum Gasteiger partial charge on any atom is -0.378 e. The van der Waals surface area contributed by atoms with Crippen molar-refractivity contribution in [1.82, 2.24) is 19.5 Å². The summed E-state index contributed by atoms with van der Waals surface area (Å²) >= 11 is 1.65. The Morgan fingerprint density at radius 3 is 3.04 bits per heavy atom. The van der Waals surface area contributed by atoms with Gasteiger partial charge in [0, 0.05) is 35.5 Å². The van der Waals surface area contributed by atoms with Crippen LogP contribution in [0.4, 0.5) is 0 Å². The zero-order valence-electron chi connectivity index (χ0n) is 15.5. The van der Waals surface area contributed by atoms with Gasteiger partial charge < -0.3 is 9.30 Å². The summed E-state index contributed by atoms with van der Waals surface area (Å²) in [4.78, 5) is 14.9. The molecule has 4 aromatic rings. The van der Waals surface area contributed by atoms with Crippen LogP contribution in [0.1, 0.15) is 42.1 Å². The maximum absolute atomic E-state index is 9.38. The molecule has 7 heteroatoms. The van der Waals surface area contributed by atoms with E-state index in [4.69, 9.17) is 9.72 Å². The number of thiazole rings is 1. The van der Waals surface area contributed by atoms with E-state index in [1.807, 2.05) is 36.1 Å². The van der Waals surface area contributed by atoms with Crippen molar-refractivity contribution in [3.63, 3.8) is 0 Å². The first-order chi connectivity index (χ1) is 13.7. The molecule has 0 saturated carbocycles. The summed E-state index contributed by atoms with van der Waals surface area (Å²) in [5, 5.41) is 10.4. The molecule has 5 rings (SSSR count). The fraction of sp³-hybridized carbons (Fsp3) is 0.333. The Labute approximate surface area is 166 Å². The maximum atomic E-state index is 9.38. The molecule has 0 radical (unpaired) electrons. The summed E-state index contributed by atoms with van der Waals surface area (Å²) in [6.45, 7) is 2.87. The smallest absolute Gasteiger partial charge is 0.115 e. The van der Waals surface area contributed by atoms with Crippen molar-refractivity contribution in [3.05, 3.63) is 52.4 Å². The minimum absolute atomic E-state index is 0.218. The van der Waals surface area contributed by atoms with Gasteiger partial charge >= 0.3 is 0 Å². The molecule has 1 aliphatic heterocycles. The summed E-state index contributed by atoms with van der Waals surface area (Å²) < 4.78 is 8.17. The third-order valence-corrected chi connectivity index (χ3v) is 6.14. The standard InChI is InChI=1S/C21H19N5OS/c1-13-6-15(4-5-27-13)26-20(8-16-10-23-12-28-16)25-19-11-24-18-3-2-14(9-22)7-17(18)21(19)26/h2-3,7,10-13,15H,4-6,8H2,1H3/t13-,15?/m1/s1. The third kappa shape index (κ3) is 2.95. The van der Waals surface area contributed by atoms with Crippen LogP contribution in [-0.4, -0.2) is 32.2 Å². The first-order valence-electron chi connectivity index (χ1n) is 9.41. The number of hydrogen-bond acceptors (Lipinski definition) is 6. The molecule has 2 atom stereocenters. The van der Waals surface area contributed by atoms with Gasteiger partial charge in [-0.1, -0.05) is 0 Å². The average molecular weight is 389 g/mol. The van der Waals surface area contributed by atoms with Crippen LogP contribution in [-0.2, 0) is 11.2 Å². The fourth-order valence-electron chi connectivity index (χ4n) is 4.11. The molecule has 3 aromatic heterocycles. The molecule has 0 aliphatic carbocycles. The lowest BCUT2D eigenvalue weighted by atomic mass is 10.0. The normalized spacial score (nSPS) is 19.9.